The van der Waals surface area contributed by atoms with Crippen LogP contribution in [0.3, 0.4) is 0 Å². The highest BCUT2D eigenvalue weighted by molar-refractivity contribution is 5.19. The second kappa shape index (κ2) is 6.97. The van der Waals surface area contributed by atoms with Crippen LogP contribution >= 0.6 is 0 Å². The van der Waals surface area contributed by atoms with Crippen LogP contribution in [0.4, 0.5) is 0 Å². The Morgan fingerprint density at radius 2 is 1.00 bits per heavy atom. The summed E-state index contributed by atoms with van der Waals surface area (Å²) in [6.45, 7) is 6.52. The van der Waals surface area contributed by atoms with Crippen LogP contribution in [0.5, 0.6) is 0 Å². The lowest BCUT2D eigenvalue weighted by Crippen LogP contribution is -2.83. The Morgan fingerprint density at radius 3 is 1.21 bits per heavy atom. The van der Waals surface area contributed by atoms with E-state index in [4.69, 9.17) is 11.5 Å². The van der Waals surface area contributed by atoms with Gasteiger partial charge in [-0.2, -0.15) is 0 Å². The summed E-state index contributed by atoms with van der Waals surface area (Å²) in [7, 11) is 0. The molecule has 5 atom stereocenters. The van der Waals surface area contributed by atoms with Crippen LogP contribution in [0, 0.1) is 0 Å². The molecule has 0 saturated heterocycles. The molecular weight excluding hydrogens is 248 g/mol. The summed E-state index contributed by atoms with van der Waals surface area (Å²) in [6, 6.07) is 0. The van der Waals surface area contributed by atoms with Gasteiger partial charge >= 0.3 is 0 Å². The molecular formula is C13H30N2O4. The molecule has 6 nitrogen and oxygen atoms in total. The van der Waals surface area contributed by atoms with Gasteiger partial charge in [0.2, 0.25) is 0 Å². The Hall–Kier alpha value is -0.240. The molecule has 0 bridgehead atoms. The maximum absolute atomic E-state index is 10.2. The lowest BCUT2D eigenvalue weighted by atomic mass is 9.63. The molecule has 0 aliphatic rings. The smallest absolute Gasteiger partial charge is 0.0912 e. The van der Waals surface area contributed by atoms with Gasteiger partial charge in [-0.25, -0.2) is 0 Å². The topological polar surface area (TPSA) is 133 Å². The molecule has 8 N–H and O–H groups in total. The molecule has 0 aliphatic carbocycles. The first-order valence-corrected chi connectivity index (χ1v) is 6.94. The summed E-state index contributed by atoms with van der Waals surface area (Å²) in [4.78, 5) is 0. The zero-order chi connectivity index (χ0) is 15.4. The van der Waals surface area contributed by atoms with Crippen LogP contribution in [0.2, 0.25) is 0 Å². The van der Waals surface area contributed by atoms with Gasteiger partial charge in [-0.05, 0) is 26.2 Å². The lowest BCUT2D eigenvalue weighted by Gasteiger charge is -2.54. The second-order valence-corrected chi connectivity index (χ2v) is 5.31. The maximum Gasteiger partial charge on any atom is 0.0912 e. The van der Waals surface area contributed by atoms with E-state index in [1.54, 1.807) is 20.8 Å². The van der Waals surface area contributed by atoms with Crippen molar-refractivity contribution in [1.82, 2.24) is 0 Å². The number of aliphatic hydroxyl groups excluding tert-OH is 4. The molecule has 6 heteroatoms. The first-order valence-electron chi connectivity index (χ1n) is 6.94. The molecule has 0 fully saturated rings. The predicted octanol–water partition coefficient (Wildman–Crippen LogP) is -0.925. The van der Waals surface area contributed by atoms with Gasteiger partial charge in [0.1, 0.15) is 0 Å². The van der Waals surface area contributed by atoms with Crippen LogP contribution in [0.15, 0.2) is 0 Å². The number of hydrogen-bond acceptors (Lipinski definition) is 6. The van der Waals surface area contributed by atoms with Crippen molar-refractivity contribution in [2.24, 2.45) is 11.5 Å². The van der Waals surface area contributed by atoms with E-state index in [9.17, 15) is 20.4 Å². The monoisotopic (exact) mass is 278 g/mol. The van der Waals surface area contributed by atoms with E-state index >= 15 is 0 Å². The number of hydrogen-bond donors (Lipinski definition) is 6. The van der Waals surface area contributed by atoms with E-state index in [1.165, 1.54) is 6.92 Å². The Bertz CT molecular complexity index is 265. The highest BCUT2D eigenvalue weighted by atomic mass is 16.3. The average Bonchev–Trinajstić information content (AvgIpc) is 2.41. The molecule has 0 saturated carbocycles. The van der Waals surface area contributed by atoms with Crippen molar-refractivity contribution >= 4 is 0 Å². The number of aliphatic hydroxyl groups is 4. The highest BCUT2D eigenvalue weighted by Crippen LogP contribution is 2.35. The predicted molar refractivity (Wildman–Crippen MR) is 74.4 cm³/mol. The minimum Gasteiger partial charge on any atom is -0.391 e. The number of rotatable bonds is 8. The van der Waals surface area contributed by atoms with Crippen LogP contribution in [-0.2, 0) is 0 Å². The van der Waals surface area contributed by atoms with Crippen molar-refractivity contribution < 1.29 is 20.4 Å². The van der Waals surface area contributed by atoms with Crippen LogP contribution in [-0.4, -0.2) is 55.9 Å². The minimum atomic E-state index is -1.70. The average molecular weight is 278 g/mol. The second-order valence-electron chi connectivity index (χ2n) is 5.31. The summed E-state index contributed by atoms with van der Waals surface area (Å²) >= 11 is 0. The molecule has 0 aromatic rings. The Kier molecular flexibility index (Phi) is 6.88. The summed E-state index contributed by atoms with van der Waals surface area (Å²) in [5, 5.41) is 40.6. The molecule has 0 spiro atoms. The van der Waals surface area contributed by atoms with Gasteiger partial charge < -0.3 is 31.9 Å². The van der Waals surface area contributed by atoms with Crippen molar-refractivity contribution in [3.8, 4) is 0 Å². The van der Waals surface area contributed by atoms with Crippen LogP contribution in [0.1, 0.15) is 47.0 Å². The molecule has 0 amide bonds. The molecule has 0 aromatic heterocycles. The quantitative estimate of drug-likeness (QED) is 0.340. The van der Waals surface area contributed by atoms with Gasteiger partial charge in [0, 0.05) is 0 Å². The third-order valence-electron chi connectivity index (χ3n) is 4.26. The SMILES string of the molecule is CCC(O)C(N)(C(C)O)C(N)(C(O)CC)C(O)CC. The summed E-state index contributed by atoms with van der Waals surface area (Å²) in [6.07, 6.45) is -3.82. The molecule has 0 heterocycles. The van der Waals surface area contributed by atoms with Crippen molar-refractivity contribution in [2.75, 3.05) is 0 Å². The third-order valence-corrected chi connectivity index (χ3v) is 4.26. The van der Waals surface area contributed by atoms with Crippen molar-refractivity contribution in [1.29, 1.82) is 0 Å². The summed E-state index contributed by atoms with van der Waals surface area (Å²) in [5.41, 5.74) is 9.00. The zero-order valence-corrected chi connectivity index (χ0v) is 12.4. The Labute approximate surface area is 115 Å². The van der Waals surface area contributed by atoms with E-state index in [-0.39, 0.29) is 19.3 Å². The van der Waals surface area contributed by atoms with Gasteiger partial charge in [0.05, 0.1) is 35.5 Å². The molecule has 0 aliphatic heterocycles. The van der Waals surface area contributed by atoms with E-state index < -0.39 is 35.5 Å². The fraction of sp³-hybridized carbons (Fsp3) is 1.00. The highest BCUT2D eigenvalue weighted by Gasteiger charge is 2.59. The molecule has 0 radical (unpaired) electrons. The van der Waals surface area contributed by atoms with E-state index in [2.05, 4.69) is 0 Å². The van der Waals surface area contributed by atoms with Gasteiger partial charge in [0.15, 0.2) is 0 Å². The standard InChI is InChI=1S/C13H30N2O4/c1-5-9(17)12(14,8(4)16)13(15,10(18)6-2)11(19)7-3/h8-11,16-19H,5-7,14-15H2,1-4H3. The normalized spacial score (nSPS) is 24.9. The van der Waals surface area contributed by atoms with Gasteiger partial charge in [-0.15, -0.1) is 0 Å². The van der Waals surface area contributed by atoms with E-state index in [0.717, 1.165) is 0 Å². The van der Waals surface area contributed by atoms with Gasteiger partial charge in [0.25, 0.3) is 0 Å². The molecule has 0 aromatic carbocycles. The zero-order valence-electron chi connectivity index (χ0n) is 12.4. The van der Waals surface area contributed by atoms with Crippen LogP contribution < -0.4 is 11.5 Å². The van der Waals surface area contributed by atoms with Crippen molar-refractivity contribution in [2.45, 2.75) is 82.5 Å². The fourth-order valence-electron chi connectivity index (χ4n) is 2.74. The lowest BCUT2D eigenvalue weighted by molar-refractivity contribution is -0.129. The van der Waals surface area contributed by atoms with E-state index in [1.807, 2.05) is 0 Å². The largest absolute Gasteiger partial charge is 0.391 e. The first-order chi connectivity index (χ1) is 8.64. The molecule has 116 valence electrons. The van der Waals surface area contributed by atoms with Crippen molar-refractivity contribution in [3.05, 3.63) is 0 Å². The third kappa shape index (κ3) is 2.94. The van der Waals surface area contributed by atoms with Gasteiger partial charge in [-0.3, -0.25) is 0 Å². The molecule has 0 rings (SSSR count). The van der Waals surface area contributed by atoms with Crippen molar-refractivity contribution in [3.63, 3.8) is 0 Å². The Balaban J connectivity index is 5.91. The summed E-state index contributed by atoms with van der Waals surface area (Å²) < 4.78 is 0. The molecule has 19 heavy (non-hydrogen) atoms. The first kappa shape index (κ1) is 18.8. The Morgan fingerprint density at radius 1 is 0.737 bits per heavy atom. The van der Waals surface area contributed by atoms with Crippen LogP contribution in [0.25, 0.3) is 0 Å². The molecule has 5 unspecified atom stereocenters. The maximum atomic E-state index is 10.2. The minimum absolute atomic E-state index is 0.257. The fourth-order valence-corrected chi connectivity index (χ4v) is 2.74. The number of nitrogens with two attached hydrogens (primary N) is 2. The van der Waals surface area contributed by atoms with Gasteiger partial charge in [-0.1, -0.05) is 20.8 Å². The van der Waals surface area contributed by atoms with E-state index in [0.29, 0.717) is 0 Å². The summed E-state index contributed by atoms with van der Waals surface area (Å²) in [5.74, 6) is 0.